The van der Waals surface area contributed by atoms with E-state index in [0.717, 1.165) is 0 Å². The van der Waals surface area contributed by atoms with E-state index in [1.807, 2.05) is 13.8 Å². The number of nitrogens with two attached hydrogens (primary N) is 1. The molecule has 0 saturated carbocycles. The molecular weight excluding hydrogens is 358 g/mol. The van der Waals surface area contributed by atoms with Crippen LogP contribution in [0.5, 0.6) is 0 Å². The Morgan fingerprint density at radius 2 is 1.71 bits per heavy atom. The van der Waals surface area contributed by atoms with Crippen LogP contribution < -0.4 is 5.73 Å². The molecule has 0 aliphatic carbocycles. The minimum atomic E-state index is -4.19. The van der Waals surface area contributed by atoms with E-state index in [-0.39, 0.29) is 31.1 Å². The molecule has 0 aromatic rings. The van der Waals surface area contributed by atoms with Gasteiger partial charge >= 0.3 is 0 Å². The Kier molecular flexibility index (Phi) is 9.02. The zero-order chi connectivity index (χ0) is 19.2. The maximum Gasteiger partial charge on any atom is 0.267 e. The molecule has 0 amide bonds. The van der Waals surface area contributed by atoms with Crippen molar-refractivity contribution in [3.63, 3.8) is 0 Å². The van der Waals surface area contributed by atoms with Crippen molar-refractivity contribution in [3.05, 3.63) is 0 Å². The van der Waals surface area contributed by atoms with Crippen molar-refractivity contribution in [1.29, 1.82) is 0 Å². The van der Waals surface area contributed by atoms with Gasteiger partial charge in [-0.05, 0) is 24.2 Å². The number of rotatable bonds is 12. The van der Waals surface area contributed by atoms with Gasteiger partial charge in [0.2, 0.25) is 0 Å². The Balaban J connectivity index is 4.38. The zero-order valence-corrected chi connectivity index (χ0v) is 16.3. The van der Waals surface area contributed by atoms with E-state index >= 15 is 0 Å². The summed E-state index contributed by atoms with van der Waals surface area (Å²) < 4.78 is 58.0. The van der Waals surface area contributed by atoms with Crippen LogP contribution in [0.2, 0.25) is 0 Å². The van der Waals surface area contributed by atoms with E-state index in [9.17, 15) is 21.6 Å². The molecule has 0 aromatic carbocycles. The molecule has 8 nitrogen and oxygen atoms in total. The van der Waals surface area contributed by atoms with Gasteiger partial charge in [0.25, 0.3) is 20.2 Å². The van der Waals surface area contributed by atoms with Crippen molar-refractivity contribution < 1.29 is 30.4 Å². The molecule has 0 saturated heterocycles. The minimum Gasteiger partial charge on any atom is -0.321 e. The van der Waals surface area contributed by atoms with Crippen molar-refractivity contribution >= 4 is 26.0 Å². The third kappa shape index (κ3) is 11.1. The Morgan fingerprint density at radius 3 is 2.17 bits per heavy atom. The van der Waals surface area contributed by atoms with Gasteiger partial charge in [0.15, 0.2) is 0 Å². The van der Waals surface area contributed by atoms with Gasteiger partial charge in [-0.15, -0.1) is 0 Å². The van der Waals surface area contributed by atoms with Gasteiger partial charge in [-0.25, -0.2) is 0 Å². The van der Waals surface area contributed by atoms with Crippen LogP contribution >= 0.6 is 0 Å². The fourth-order valence-corrected chi connectivity index (χ4v) is 3.60. The normalized spacial score (nSPS) is 14.8. The fourth-order valence-electron chi connectivity index (χ4n) is 1.80. The van der Waals surface area contributed by atoms with Crippen molar-refractivity contribution in [2.45, 2.75) is 53.0 Å². The Bertz CT molecular complexity index is 609. The summed E-state index contributed by atoms with van der Waals surface area (Å²) >= 11 is 0. The summed E-state index contributed by atoms with van der Waals surface area (Å²) in [4.78, 5) is 11.9. The lowest BCUT2D eigenvalue weighted by Crippen LogP contribution is -2.36. The summed E-state index contributed by atoms with van der Waals surface area (Å²) in [5.41, 5.74) is 5.22. The largest absolute Gasteiger partial charge is 0.321 e. The van der Waals surface area contributed by atoms with Gasteiger partial charge in [-0.2, -0.15) is 16.8 Å². The first-order valence-electron chi connectivity index (χ1n) is 7.76. The van der Waals surface area contributed by atoms with Crippen molar-refractivity contribution in [2.24, 2.45) is 17.1 Å². The van der Waals surface area contributed by atoms with Crippen LogP contribution in [0, 0.1) is 11.3 Å². The summed E-state index contributed by atoms with van der Waals surface area (Å²) in [6.07, 6.45) is 0.411. The number of carbonyl (C=O) groups excluding carboxylic acids is 1. The average molecular weight is 388 g/mol. The second-order valence-electron chi connectivity index (χ2n) is 7.06. The molecule has 0 bridgehead atoms. The predicted molar refractivity (Wildman–Crippen MR) is 91.6 cm³/mol. The first-order chi connectivity index (χ1) is 10.7. The van der Waals surface area contributed by atoms with Crippen LogP contribution in [0.3, 0.4) is 0 Å². The second kappa shape index (κ2) is 9.23. The van der Waals surface area contributed by atoms with Crippen LogP contribution in [0.15, 0.2) is 0 Å². The Hall–Kier alpha value is -0.550. The molecule has 0 rings (SSSR count). The zero-order valence-electron chi connectivity index (χ0n) is 14.7. The van der Waals surface area contributed by atoms with E-state index in [0.29, 0.717) is 6.42 Å². The van der Waals surface area contributed by atoms with Crippen LogP contribution in [-0.4, -0.2) is 51.3 Å². The number of carbonyl (C=O) groups is 1. The van der Waals surface area contributed by atoms with Crippen LogP contribution in [0.4, 0.5) is 0 Å². The van der Waals surface area contributed by atoms with Crippen molar-refractivity contribution in [3.8, 4) is 0 Å². The molecule has 0 aromatic heterocycles. The quantitative estimate of drug-likeness (QED) is 0.373. The molecule has 0 spiro atoms. The van der Waals surface area contributed by atoms with E-state index in [4.69, 9.17) is 14.5 Å². The molecule has 0 aliphatic heterocycles. The standard InChI is InChI=1S/C14H29NO7S2/c1-11(2)13(15)12(16)6-7-14(3,4)10-22-24(20,21)9-5-8-23(17,18)19/h11,13H,5-10,15H2,1-4H3,(H,17,18,19)/t13-/m0/s1. The highest BCUT2D eigenvalue weighted by molar-refractivity contribution is 7.87. The Labute approximate surface area is 145 Å². The molecule has 0 fully saturated rings. The van der Waals surface area contributed by atoms with Gasteiger partial charge in [0.1, 0.15) is 5.78 Å². The molecule has 24 heavy (non-hydrogen) atoms. The number of Topliss-reactive ketones (excluding diaryl/α,β-unsaturated/α-hetero) is 1. The molecule has 10 heteroatoms. The lowest BCUT2D eigenvalue weighted by atomic mass is 9.86. The van der Waals surface area contributed by atoms with E-state index < -0.39 is 43.2 Å². The summed E-state index contributed by atoms with van der Waals surface area (Å²) in [5.74, 6) is -1.17. The number of hydrogen-bond donors (Lipinski definition) is 2. The lowest BCUT2D eigenvalue weighted by Gasteiger charge is -2.24. The highest BCUT2D eigenvalue weighted by atomic mass is 32.2. The summed E-state index contributed by atoms with van der Waals surface area (Å²) in [5, 5.41) is 0. The van der Waals surface area contributed by atoms with Gasteiger partial charge in [0, 0.05) is 6.42 Å². The highest BCUT2D eigenvalue weighted by Gasteiger charge is 2.25. The smallest absolute Gasteiger partial charge is 0.267 e. The summed E-state index contributed by atoms with van der Waals surface area (Å²) in [7, 11) is -8.08. The second-order valence-corrected chi connectivity index (χ2v) is 10.4. The monoisotopic (exact) mass is 387 g/mol. The minimum absolute atomic E-state index is 0.0417. The lowest BCUT2D eigenvalue weighted by molar-refractivity contribution is -0.121. The molecule has 144 valence electrons. The highest BCUT2D eigenvalue weighted by Crippen LogP contribution is 2.24. The van der Waals surface area contributed by atoms with Crippen molar-refractivity contribution in [1.82, 2.24) is 0 Å². The molecule has 0 aliphatic rings. The molecule has 0 heterocycles. The van der Waals surface area contributed by atoms with Gasteiger partial charge < -0.3 is 5.73 Å². The maximum absolute atomic E-state index is 11.9. The van der Waals surface area contributed by atoms with E-state index in [1.54, 1.807) is 13.8 Å². The topological polar surface area (TPSA) is 141 Å². The number of hydrogen-bond acceptors (Lipinski definition) is 7. The molecule has 1 atom stereocenters. The Morgan fingerprint density at radius 1 is 1.17 bits per heavy atom. The molecule has 3 N–H and O–H groups in total. The fraction of sp³-hybridized carbons (Fsp3) is 0.929. The third-order valence-electron chi connectivity index (χ3n) is 3.56. The maximum atomic E-state index is 11.9. The molecular formula is C14H29NO7S2. The average Bonchev–Trinajstić information content (AvgIpc) is 2.40. The van der Waals surface area contributed by atoms with E-state index in [1.165, 1.54) is 0 Å². The van der Waals surface area contributed by atoms with Gasteiger partial charge in [0.05, 0.1) is 24.2 Å². The van der Waals surface area contributed by atoms with Crippen molar-refractivity contribution in [2.75, 3.05) is 18.1 Å². The summed E-state index contributed by atoms with van der Waals surface area (Å²) in [6.45, 7) is 7.14. The number of ketones is 1. The first kappa shape index (κ1) is 23.4. The van der Waals surface area contributed by atoms with Gasteiger partial charge in [-0.3, -0.25) is 13.5 Å². The van der Waals surface area contributed by atoms with Gasteiger partial charge in [-0.1, -0.05) is 27.7 Å². The summed E-state index contributed by atoms with van der Waals surface area (Å²) in [6, 6.07) is -0.536. The van der Waals surface area contributed by atoms with Crippen LogP contribution in [0.1, 0.15) is 47.0 Å². The SMILES string of the molecule is CC(C)[C@H](N)C(=O)CCC(C)(C)COS(=O)(=O)CCCS(=O)(=O)O. The van der Waals surface area contributed by atoms with Crippen LogP contribution in [-0.2, 0) is 29.2 Å². The third-order valence-corrected chi connectivity index (χ3v) is 5.63. The predicted octanol–water partition coefficient (Wildman–Crippen LogP) is 0.970. The van der Waals surface area contributed by atoms with E-state index in [2.05, 4.69) is 0 Å². The first-order valence-corrected chi connectivity index (χ1v) is 10.9. The molecule has 0 radical (unpaired) electrons. The molecule has 0 unspecified atom stereocenters. The van der Waals surface area contributed by atoms with Crippen LogP contribution in [0.25, 0.3) is 0 Å².